The third kappa shape index (κ3) is 3.30. The van der Waals surface area contributed by atoms with Gasteiger partial charge in [-0.1, -0.05) is 6.92 Å². The smallest absolute Gasteiger partial charge is 0.241 e. The highest BCUT2D eigenvalue weighted by Crippen LogP contribution is 2.16. The highest BCUT2D eigenvalue weighted by molar-refractivity contribution is 5.82. The van der Waals surface area contributed by atoms with Crippen molar-refractivity contribution in [1.29, 1.82) is 0 Å². The number of carbonyl (C=O) groups excluding carboxylic acids is 1. The second-order valence-corrected chi connectivity index (χ2v) is 5.37. The highest BCUT2D eigenvalue weighted by Gasteiger charge is 2.32. The fourth-order valence-corrected chi connectivity index (χ4v) is 2.67. The maximum atomic E-state index is 12.5. The Labute approximate surface area is 114 Å². The number of hydrogen-bond donors (Lipinski definition) is 1. The first-order valence-electron chi connectivity index (χ1n) is 6.69. The molecule has 2 atom stereocenters. The van der Waals surface area contributed by atoms with E-state index in [-0.39, 0.29) is 11.9 Å². The molecule has 1 aromatic rings. The van der Waals surface area contributed by atoms with Crippen molar-refractivity contribution in [3.8, 4) is 0 Å². The Morgan fingerprint density at radius 1 is 1.37 bits per heavy atom. The molecular weight excluding hydrogens is 240 g/mol. The predicted octanol–water partition coefficient (Wildman–Crippen LogP) is 0.319. The van der Waals surface area contributed by atoms with Gasteiger partial charge >= 0.3 is 0 Å². The molecule has 19 heavy (non-hydrogen) atoms. The van der Waals surface area contributed by atoms with Gasteiger partial charge in [0.05, 0.1) is 0 Å². The van der Waals surface area contributed by atoms with Crippen LogP contribution in [0.3, 0.4) is 0 Å². The lowest BCUT2D eigenvalue weighted by atomic mass is 10.1. The van der Waals surface area contributed by atoms with Crippen molar-refractivity contribution < 1.29 is 4.79 Å². The van der Waals surface area contributed by atoms with Crippen molar-refractivity contribution in [2.75, 3.05) is 26.7 Å². The van der Waals surface area contributed by atoms with E-state index in [0.29, 0.717) is 19.0 Å². The Kier molecular flexibility index (Phi) is 4.50. The van der Waals surface area contributed by atoms with Gasteiger partial charge < -0.3 is 10.6 Å². The minimum atomic E-state index is -0.202. The maximum Gasteiger partial charge on any atom is 0.241 e. The Hall–Kier alpha value is -1.46. The molecule has 0 radical (unpaired) electrons. The van der Waals surface area contributed by atoms with E-state index in [1.54, 1.807) is 12.4 Å². The van der Waals surface area contributed by atoms with E-state index >= 15 is 0 Å². The zero-order valence-electron chi connectivity index (χ0n) is 11.6. The van der Waals surface area contributed by atoms with Gasteiger partial charge in [0.25, 0.3) is 0 Å². The van der Waals surface area contributed by atoms with E-state index in [9.17, 15) is 4.79 Å². The van der Waals surface area contributed by atoms with Crippen molar-refractivity contribution in [2.45, 2.75) is 19.5 Å². The van der Waals surface area contributed by atoms with Crippen molar-refractivity contribution in [2.24, 2.45) is 11.7 Å². The van der Waals surface area contributed by atoms with Gasteiger partial charge in [-0.3, -0.25) is 14.7 Å². The van der Waals surface area contributed by atoms with Crippen LogP contribution in [0.5, 0.6) is 0 Å². The zero-order chi connectivity index (χ0) is 13.8. The van der Waals surface area contributed by atoms with Gasteiger partial charge in [0, 0.05) is 38.6 Å². The molecule has 5 nitrogen and oxygen atoms in total. The molecule has 1 fully saturated rings. The second-order valence-electron chi connectivity index (χ2n) is 5.37. The third-order valence-corrected chi connectivity index (χ3v) is 3.61. The molecule has 2 heterocycles. The van der Waals surface area contributed by atoms with Crippen molar-refractivity contribution in [1.82, 2.24) is 14.8 Å². The summed E-state index contributed by atoms with van der Waals surface area (Å²) in [6, 6.07) is 3.69. The Morgan fingerprint density at radius 2 is 2.05 bits per heavy atom. The highest BCUT2D eigenvalue weighted by atomic mass is 16.2. The molecule has 5 heteroatoms. The van der Waals surface area contributed by atoms with Gasteiger partial charge in [-0.2, -0.15) is 0 Å². The van der Waals surface area contributed by atoms with E-state index < -0.39 is 0 Å². The molecule has 1 amide bonds. The van der Waals surface area contributed by atoms with E-state index in [4.69, 9.17) is 5.73 Å². The lowest BCUT2D eigenvalue weighted by molar-refractivity contribution is -0.135. The maximum absolute atomic E-state index is 12.5. The second kappa shape index (κ2) is 6.12. The van der Waals surface area contributed by atoms with Crippen LogP contribution in [0.1, 0.15) is 12.5 Å². The van der Waals surface area contributed by atoms with E-state index in [1.807, 2.05) is 24.1 Å². The normalized spacial score (nSPS) is 25.4. The number of likely N-dealkylation sites (N-methyl/N-ethyl adjacent to an activating group) is 1. The average molecular weight is 262 g/mol. The molecule has 0 aromatic carbocycles. The Morgan fingerprint density at radius 3 is 2.68 bits per heavy atom. The summed E-state index contributed by atoms with van der Waals surface area (Å²) < 4.78 is 0. The van der Waals surface area contributed by atoms with Crippen LogP contribution in [0.15, 0.2) is 24.5 Å². The number of pyridine rings is 1. The summed E-state index contributed by atoms with van der Waals surface area (Å²) in [5.74, 6) is 0.582. The van der Waals surface area contributed by atoms with Gasteiger partial charge in [-0.05, 0) is 30.7 Å². The Bertz CT molecular complexity index is 423. The van der Waals surface area contributed by atoms with E-state index in [0.717, 1.165) is 18.7 Å². The minimum Gasteiger partial charge on any atom is -0.337 e. The fraction of sp³-hybridized carbons (Fsp3) is 0.571. The topological polar surface area (TPSA) is 62.5 Å². The molecule has 0 bridgehead atoms. The summed E-state index contributed by atoms with van der Waals surface area (Å²) in [7, 11) is 1.97. The zero-order valence-corrected chi connectivity index (χ0v) is 11.6. The number of carbonyl (C=O) groups is 1. The Balaban J connectivity index is 2.15. The van der Waals surface area contributed by atoms with Crippen molar-refractivity contribution in [3.05, 3.63) is 30.1 Å². The minimum absolute atomic E-state index is 0.131. The molecule has 2 N–H and O–H groups in total. The fourth-order valence-electron chi connectivity index (χ4n) is 2.67. The van der Waals surface area contributed by atoms with Crippen LogP contribution in [0, 0.1) is 5.92 Å². The molecule has 2 rings (SSSR count). The summed E-state index contributed by atoms with van der Waals surface area (Å²) in [6.07, 6.45) is 3.52. The summed E-state index contributed by atoms with van der Waals surface area (Å²) in [5, 5.41) is 0. The molecule has 1 saturated heterocycles. The van der Waals surface area contributed by atoms with Gasteiger partial charge in [0.15, 0.2) is 0 Å². The molecule has 1 aliphatic rings. The van der Waals surface area contributed by atoms with Crippen LogP contribution in [0.4, 0.5) is 0 Å². The molecule has 104 valence electrons. The number of rotatable bonds is 3. The molecule has 1 aliphatic heterocycles. The summed E-state index contributed by atoms with van der Waals surface area (Å²) >= 11 is 0. The molecule has 1 aromatic heterocycles. The summed E-state index contributed by atoms with van der Waals surface area (Å²) in [4.78, 5) is 20.5. The van der Waals surface area contributed by atoms with Gasteiger partial charge in [0.2, 0.25) is 5.91 Å². The predicted molar refractivity (Wildman–Crippen MR) is 74.3 cm³/mol. The lowest BCUT2D eigenvalue weighted by Gasteiger charge is -2.27. The van der Waals surface area contributed by atoms with Gasteiger partial charge in [0.1, 0.15) is 6.04 Å². The lowest BCUT2D eigenvalue weighted by Crippen LogP contribution is -2.48. The van der Waals surface area contributed by atoms with Crippen molar-refractivity contribution >= 4 is 5.91 Å². The molecule has 0 spiro atoms. The summed E-state index contributed by atoms with van der Waals surface area (Å²) in [5.41, 5.74) is 6.86. The van der Waals surface area contributed by atoms with Gasteiger partial charge in [-0.25, -0.2) is 0 Å². The van der Waals surface area contributed by atoms with Crippen LogP contribution in [-0.4, -0.2) is 53.4 Å². The number of aromatic nitrogens is 1. The third-order valence-electron chi connectivity index (χ3n) is 3.61. The number of amides is 1. The first kappa shape index (κ1) is 14.0. The first-order chi connectivity index (χ1) is 9.11. The van der Waals surface area contributed by atoms with Crippen LogP contribution >= 0.6 is 0 Å². The largest absolute Gasteiger partial charge is 0.337 e. The molecule has 0 saturated carbocycles. The monoisotopic (exact) mass is 262 g/mol. The van der Waals surface area contributed by atoms with Crippen LogP contribution in [0.2, 0.25) is 0 Å². The van der Waals surface area contributed by atoms with Crippen LogP contribution in [-0.2, 0) is 11.3 Å². The van der Waals surface area contributed by atoms with Crippen LogP contribution in [0.25, 0.3) is 0 Å². The number of hydrogen-bond acceptors (Lipinski definition) is 4. The van der Waals surface area contributed by atoms with E-state index in [2.05, 4.69) is 16.8 Å². The standard InChI is InChI=1S/C14H22N4O/c1-11-8-17(2)13(7-15)14(19)18(9-11)10-12-3-5-16-6-4-12/h3-6,11,13H,7-10,15H2,1-2H3. The summed E-state index contributed by atoms with van der Waals surface area (Å²) in [6.45, 7) is 4.86. The van der Waals surface area contributed by atoms with Crippen LogP contribution < -0.4 is 5.73 Å². The van der Waals surface area contributed by atoms with E-state index in [1.165, 1.54) is 0 Å². The number of nitrogens with zero attached hydrogens (tertiary/aromatic N) is 3. The quantitative estimate of drug-likeness (QED) is 0.852. The molecule has 2 unspecified atom stereocenters. The average Bonchev–Trinajstić information content (AvgIpc) is 2.48. The number of nitrogens with two attached hydrogens (primary N) is 1. The van der Waals surface area contributed by atoms with Gasteiger partial charge in [-0.15, -0.1) is 0 Å². The first-order valence-corrected chi connectivity index (χ1v) is 6.69. The molecule has 0 aliphatic carbocycles. The van der Waals surface area contributed by atoms with Crippen molar-refractivity contribution in [3.63, 3.8) is 0 Å². The molecular formula is C14H22N4O. The SMILES string of the molecule is CC1CN(Cc2ccncc2)C(=O)C(CN)N(C)C1.